The fourth-order valence-electron chi connectivity index (χ4n) is 1.61. The summed E-state index contributed by atoms with van der Waals surface area (Å²) in [4.78, 5) is 21.5. The van der Waals surface area contributed by atoms with Crippen LogP contribution in [0.1, 0.15) is 10.6 Å². The van der Waals surface area contributed by atoms with Gasteiger partial charge in [0.2, 0.25) is 5.82 Å². The van der Waals surface area contributed by atoms with Gasteiger partial charge in [-0.15, -0.1) is 11.3 Å². The van der Waals surface area contributed by atoms with Crippen molar-refractivity contribution in [1.29, 1.82) is 0 Å². The highest BCUT2D eigenvalue weighted by Crippen LogP contribution is 2.28. The van der Waals surface area contributed by atoms with Crippen LogP contribution in [0.25, 0.3) is 0 Å². The smallest absolute Gasteiger partial charge is 0.311 e. The van der Waals surface area contributed by atoms with Crippen LogP contribution < -0.4 is 4.90 Å². The molecule has 2 aromatic rings. The maximum Gasteiger partial charge on any atom is 0.311 e. The van der Waals surface area contributed by atoms with Crippen molar-refractivity contribution in [2.45, 2.75) is 13.5 Å². The van der Waals surface area contributed by atoms with Crippen LogP contribution in [0, 0.1) is 17.0 Å². The minimum atomic E-state index is -0.464. The van der Waals surface area contributed by atoms with Crippen molar-refractivity contribution in [1.82, 2.24) is 9.97 Å². The Bertz CT molecular complexity index is 616. The molecule has 0 radical (unpaired) electrons. The Labute approximate surface area is 118 Å². The summed E-state index contributed by atoms with van der Waals surface area (Å²) in [6, 6.07) is 2.77. The molecule has 0 saturated carbocycles. The van der Waals surface area contributed by atoms with Gasteiger partial charge < -0.3 is 4.90 Å². The third-order valence-electron chi connectivity index (χ3n) is 2.60. The van der Waals surface area contributed by atoms with Crippen LogP contribution in [0.15, 0.2) is 17.6 Å². The number of hydrogen-bond acceptors (Lipinski definition) is 6. The number of aromatic nitrogens is 2. The van der Waals surface area contributed by atoms with Gasteiger partial charge in [-0.25, -0.2) is 9.97 Å². The third kappa shape index (κ3) is 2.99. The molecule has 0 aliphatic carbocycles. The van der Waals surface area contributed by atoms with Gasteiger partial charge in [0.1, 0.15) is 5.15 Å². The number of hydrogen-bond donors (Lipinski definition) is 0. The van der Waals surface area contributed by atoms with E-state index in [1.165, 1.54) is 23.5 Å². The first-order valence-corrected chi connectivity index (χ1v) is 6.66. The van der Waals surface area contributed by atoms with E-state index >= 15 is 0 Å². The molecule has 2 aromatic heterocycles. The Morgan fingerprint density at radius 3 is 2.84 bits per heavy atom. The van der Waals surface area contributed by atoms with E-state index in [0.29, 0.717) is 6.54 Å². The molecule has 0 fully saturated rings. The molecule has 100 valence electrons. The molecule has 0 bridgehead atoms. The molecule has 0 aliphatic rings. The largest absolute Gasteiger partial charge is 0.349 e. The Morgan fingerprint density at radius 1 is 1.53 bits per heavy atom. The van der Waals surface area contributed by atoms with Crippen molar-refractivity contribution >= 4 is 34.4 Å². The van der Waals surface area contributed by atoms with Gasteiger partial charge >= 0.3 is 5.69 Å². The van der Waals surface area contributed by atoms with Gasteiger partial charge in [0.15, 0.2) is 0 Å². The first-order chi connectivity index (χ1) is 8.99. The lowest BCUT2D eigenvalue weighted by molar-refractivity contribution is -0.384. The summed E-state index contributed by atoms with van der Waals surface area (Å²) in [5.41, 5.74) is 2.61. The number of anilines is 1. The molecule has 0 aromatic carbocycles. The van der Waals surface area contributed by atoms with Crippen molar-refractivity contribution < 1.29 is 4.92 Å². The van der Waals surface area contributed by atoms with Crippen molar-refractivity contribution in [2.24, 2.45) is 0 Å². The summed E-state index contributed by atoms with van der Waals surface area (Å²) in [6.45, 7) is 2.41. The zero-order valence-corrected chi connectivity index (χ0v) is 11.9. The predicted molar refractivity (Wildman–Crippen MR) is 74.9 cm³/mol. The Hall–Kier alpha value is -1.73. The van der Waals surface area contributed by atoms with Gasteiger partial charge in [-0.3, -0.25) is 10.1 Å². The molecule has 8 heteroatoms. The molecule has 0 saturated heterocycles. The van der Waals surface area contributed by atoms with Crippen LogP contribution in [-0.2, 0) is 6.54 Å². The molecular formula is C11H11ClN4O2S. The van der Waals surface area contributed by atoms with E-state index in [4.69, 9.17) is 11.6 Å². The fourth-order valence-corrected chi connectivity index (χ4v) is 2.58. The van der Waals surface area contributed by atoms with Gasteiger partial charge in [0.05, 0.1) is 22.7 Å². The zero-order chi connectivity index (χ0) is 14.0. The lowest BCUT2D eigenvalue weighted by Crippen LogP contribution is -2.19. The average Bonchev–Trinajstić information content (AvgIpc) is 2.74. The number of rotatable bonds is 4. The molecule has 0 N–H and O–H groups in total. The first-order valence-electron chi connectivity index (χ1n) is 5.40. The summed E-state index contributed by atoms with van der Waals surface area (Å²) in [5.74, 6) is 0.255. The second-order valence-electron chi connectivity index (χ2n) is 3.95. The number of pyridine rings is 1. The predicted octanol–water partition coefficient (Wildman–Crippen LogP) is 3.04. The second kappa shape index (κ2) is 5.50. The first kappa shape index (κ1) is 13.7. The van der Waals surface area contributed by atoms with Crippen molar-refractivity contribution in [3.8, 4) is 0 Å². The van der Waals surface area contributed by atoms with Crippen molar-refractivity contribution in [3.63, 3.8) is 0 Å². The number of thiazole rings is 1. The maximum atomic E-state index is 11.0. The normalized spacial score (nSPS) is 10.5. The molecular weight excluding hydrogens is 288 g/mol. The number of aryl methyl sites for hydroxylation is 1. The van der Waals surface area contributed by atoms with Crippen LogP contribution in [-0.4, -0.2) is 21.9 Å². The van der Waals surface area contributed by atoms with E-state index in [9.17, 15) is 10.1 Å². The van der Waals surface area contributed by atoms with Crippen LogP contribution in [0.5, 0.6) is 0 Å². The Morgan fingerprint density at radius 2 is 2.26 bits per heavy atom. The van der Waals surface area contributed by atoms with Crippen molar-refractivity contribution in [3.05, 3.63) is 43.5 Å². The van der Waals surface area contributed by atoms with Gasteiger partial charge in [0.25, 0.3) is 0 Å². The highest BCUT2D eigenvalue weighted by atomic mass is 35.5. The van der Waals surface area contributed by atoms with Crippen LogP contribution >= 0.6 is 22.9 Å². The number of halogens is 1. The minimum Gasteiger partial charge on any atom is -0.349 e. The van der Waals surface area contributed by atoms with E-state index in [-0.39, 0.29) is 16.7 Å². The Kier molecular flexibility index (Phi) is 3.96. The summed E-state index contributed by atoms with van der Waals surface area (Å²) in [5, 5.41) is 11.2. The molecule has 0 unspecified atom stereocenters. The van der Waals surface area contributed by atoms with E-state index in [1.807, 2.05) is 6.92 Å². The molecule has 0 spiro atoms. The van der Waals surface area contributed by atoms with E-state index in [2.05, 4.69) is 9.97 Å². The average molecular weight is 299 g/mol. The van der Waals surface area contributed by atoms with E-state index in [1.54, 1.807) is 17.5 Å². The quantitative estimate of drug-likeness (QED) is 0.493. The SMILES string of the molecule is Cc1ncsc1CN(C)c1nc(Cl)ccc1[N+](=O)[O-]. The summed E-state index contributed by atoms with van der Waals surface area (Å²) >= 11 is 7.32. The summed E-state index contributed by atoms with van der Waals surface area (Å²) in [7, 11) is 1.74. The molecule has 0 atom stereocenters. The lowest BCUT2D eigenvalue weighted by atomic mass is 10.3. The Balaban J connectivity index is 2.32. The van der Waals surface area contributed by atoms with Crippen LogP contribution in [0.3, 0.4) is 0 Å². The molecule has 0 amide bonds. The highest BCUT2D eigenvalue weighted by molar-refractivity contribution is 7.09. The minimum absolute atomic E-state index is 0.0610. The van der Waals surface area contributed by atoms with Crippen LogP contribution in [0.2, 0.25) is 5.15 Å². The number of nitro groups is 1. The molecule has 6 nitrogen and oxygen atoms in total. The van der Waals surface area contributed by atoms with Gasteiger partial charge in [0, 0.05) is 18.0 Å². The maximum absolute atomic E-state index is 11.0. The zero-order valence-electron chi connectivity index (χ0n) is 10.3. The highest BCUT2D eigenvalue weighted by Gasteiger charge is 2.20. The van der Waals surface area contributed by atoms with Crippen LogP contribution in [0.4, 0.5) is 11.5 Å². The fraction of sp³-hybridized carbons (Fsp3) is 0.273. The summed E-state index contributed by atoms with van der Waals surface area (Å²) in [6.07, 6.45) is 0. The molecule has 2 rings (SSSR count). The van der Waals surface area contributed by atoms with Gasteiger partial charge in [-0.05, 0) is 13.0 Å². The molecule has 2 heterocycles. The molecule has 0 aliphatic heterocycles. The van der Waals surface area contributed by atoms with E-state index in [0.717, 1.165) is 10.6 Å². The topological polar surface area (TPSA) is 72.2 Å². The molecule has 19 heavy (non-hydrogen) atoms. The number of nitrogens with zero attached hydrogens (tertiary/aromatic N) is 4. The van der Waals surface area contributed by atoms with Gasteiger partial charge in [-0.2, -0.15) is 0 Å². The monoisotopic (exact) mass is 298 g/mol. The van der Waals surface area contributed by atoms with E-state index < -0.39 is 4.92 Å². The lowest BCUT2D eigenvalue weighted by Gasteiger charge is -2.17. The third-order valence-corrected chi connectivity index (χ3v) is 3.73. The standard InChI is InChI=1S/C11H11ClN4O2S/c1-7-9(19-6-13-7)5-15(2)11-8(16(17)18)3-4-10(12)14-11/h3-4,6H,5H2,1-2H3. The summed E-state index contributed by atoms with van der Waals surface area (Å²) < 4.78 is 0. The second-order valence-corrected chi connectivity index (χ2v) is 5.28. The van der Waals surface area contributed by atoms with Crippen molar-refractivity contribution in [2.75, 3.05) is 11.9 Å². The van der Waals surface area contributed by atoms with Gasteiger partial charge in [-0.1, -0.05) is 11.6 Å².